The molecule has 0 heterocycles. The zero-order chi connectivity index (χ0) is 12.9. The summed E-state index contributed by atoms with van der Waals surface area (Å²) in [6, 6.07) is 0. The second kappa shape index (κ2) is 4.57. The second-order valence-electron chi connectivity index (χ2n) is 5.40. The SMILES string of the molecule is COC1=C(Cl)C(Cl)=C2C(=O)C3CCCCC3C2C1. The zero-order valence-corrected chi connectivity index (χ0v) is 11.9. The normalized spacial score (nSPS) is 35.7. The van der Waals surface area contributed by atoms with Crippen molar-refractivity contribution < 1.29 is 9.53 Å². The number of allylic oxidation sites excluding steroid dienone is 4. The fourth-order valence-electron chi connectivity index (χ4n) is 3.79. The van der Waals surface area contributed by atoms with E-state index in [1.165, 1.54) is 6.42 Å². The van der Waals surface area contributed by atoms with Crippen LogP contribution in [0.25, 0.3) is 0 Å². The van der Waals surface area contributed by atoms with E-state index in [2.05, 4.69) is 0 Å². The van der Waals surface area contributed by atoms with Crippen LogP contribution in [0.3, 0.4) is 0 Å². The van der Waals surface area contributed by atoms with E-state index in [1.54, 1.807) is 7.11 Å². The van der Waals surface area contributed by atoms with Crippen LogP contribution in [0.2, 0.25) is 0 Å². The van der Waals surface area contributed by atoms with E-state index in [-0.39, 0.29) is 17.6 Å². The molecule has 0 bridgehead atoms. The Labute approximate surface area is 117 Å². The number of rotatable bonds is 1. The maximum Gasteiger partial charge on any atom is 0.164 e. The van der Waals surface area contributed by atoms with E-state index in [0.717, 1.165) is 37.0 Å². The number of carbonyl (C=O) groups is 1. The summed E-state index contributed by atoms with van der Waals surface area (Å²) in [4.78, 5) is 12.5. The van der Waals surface area contributed by atoms with E-state index in [9.17, 15) is 4.79 Å². The summed E-state index contributed by atoms with van der Waals surface area (Å²) in [5.74, 6) is 1.82. The molecule has 0 amide bonds. The quantitative estimate of drug-likeness (QED) is 0.729. The minimum Gasteiger partial charge on any atom is -0.499 e. The summed E-state index contributed by atoms with van der Waals surface area (Å²) < 4.78 is 5.31. The van der Waals surface area contributed by atoms with Crippen LogP contribution in [0.15, 0.2) is 21.4 Å². The molecule has 0 N–H and O–H groups in total. The Hall–Kier alpha value is -0.470. The van der Waals surface area contributed by atoms with Gasteiger partial charge in [-0.05, 0) is 24.7 Å². The first-order valence-corrected chi connectivity index (χ1v) is 7.27. The predicted octanol–water partition coefficient (Wildman–Crippen LogP) is 3.99. The van der Waals surface area contributed by atoms with Gasteiger partial charge in [-0.1, -0.05) is 36.0 Å². The Morgan fingerprint density at radius 2 is 1.83 bits per heavy atom. The van der Waals surface area contributed by atoms with Gasteiger partial charge in [0.2, 0.25) is 0 Å². The van der Waals surface area contributed by atoms with Crippen molar-refractivity contribution in [2.24, 2.45) is 17.8 Å². The minimum absolute atomic E-state index is 0.174. The first kappa shape index (κ1) is 12.6. The van der Waals surface area contributed by atoms with E-state index in [4.69, 9.17) is 27.9 Å². The standard InChI is InChI=1S/C14H16Cl2O2/c1-18-10-6-9-7-4-2-3-5-8(7)14(17)11(9)13(16)12(10)15/h7-9H,2-6H2,1H3. The average Bonchev–Trinajstić information content (AvgIpc) is 2.68. The number of halogens is 2. The third kappa shape index (κ3) is 1.65. The topological polar surface area (TPSA) is 26.3 Å². The van der Waals surface area contributed by atoms with E-state index >= 15 is 0 Å². The van der Waals surface area contributed by atoms with Crippen LogP contribution < -0.4 is 0 Å². The van der Waals surface area contributed by atoms with Crippen molar-refractivity contribution in [2.75, 3.05) is 7.11 Å². The lowest BCUT2D eigenvalue weighted by Crippen LogP contribution is -2.22. The smallest absolute Gasteiger partial charge is 0.164 e. The molecule has 0 radical (unpaired) electrons. The van der Waals surface area contributed by atoms with Crippen molar-refractivity contribution in [3.8, 4) is 0 Å². The van der Waals surface area contributed by atoms with Crippen molar-refractivity contribution >= 4 is 29.0 Å². The Morgan fingerprint density at radius 1 is 1.11 bits per heavy atom. The van der Waals surface area contributed by atoms with Crippen molar-refractivity contribution in [1.29, 1.82) is 0 Å². The van der Waals surface area contributed by atoms with Crippen molar-refractivity contribution in [1.82, 2.24) is 0 Å². The van der Waals surface area contributed by atoms with Crippen molar-refractivity contribution in [3.63, 3.8) is 0 Å². The molecule has 3 aliphatic carbocycles. The van der Waals surface area contributed by atoms with Gasteiger partial charge in [-0.25, -0.2) is 0 Å². The highest BCUT2D eigenvalue weighted by Crippen LogP contribution is 2.54. The maximum absolute atomic E-state index is 12.5. The minimum atomic E-state index is 0.174. The number of fused-ring (bicyclic) bond motifs is 3. The largest absolute Gasteiger partial charge is 0.499 e. The number of methoxy groups -OCH3 is 1. The molecule has 2 nitrogen and oxygen atoms in total. The lowest BCUT2D eigenvalue weighted by atomic mass is 9.76. The van der Waals surface area contributed by atoms with Crippen LogP contribution in [0.1, 0.15) is 32.1 Å². The fourth-order valence-corrected chi connectivity index (χ4v) is 4.39. The zero-order valence-electron chi connectivity index (χ0n) is 10.3. The molecule has 3 aliphatic rings. The van der Waals surface area contributed by atoms with Crippen molar-refractivity contribution in [2.45, 2.75) is 32.1 Å². The monoisotopic (exact) mass is 286 g/mol. The average molecular weight is 287 g/mol. The Morgan fingerprint density at radius 3 is 2.56 bits per heavy atom. The highest BCUT2D eigenvalue weighted by molar-refractivity contribution is 6.45. The van der Waals surface area contributed by atoms with Gasteiger partial charge < -0.3 is 4.74 Å². The molecule has 0 saturated heterocycles. The van der Waals surface area contributed by atoms with E-state index < -0.39 is 0 Å². The fraction of sp³-hybridized carbons (Fsp3) is 0.643. The van der Waals surface area contributed by atoms with Gasteiger partial charge in [0.15, 0.2) is 5.78 Å². The molecular weight excluding hydrogens is 271 g/mol. The summed E-state index contributed by atoms with van der Waals surface area (Å²) >= 11 is 12.5. The molecule has 3 atom stereocenters. The molecule has 0 aromatic heterocycles. The van der Waals surface area contributed by atoms with Gasteiger partial charge in [0.05, 0.1) is 17.2 Å². The highest BCUT2D eigenvalue weighted by Gasteiger charge is 2.50. The van der Waals surface area contributed by atoms with Crippen LogP contribution in [-0.2, 0) is 9.53 Å². The van der Waals surface area contributed by atoms with Gasteiger partial charge in [0.25, 0.3) is 0 Å². The van der Waals surface area contributed by atoms with Gasteiger partial charge in [-0.3, -0.25) is 4.79 Å². The molecule has 3 rings (SSSR count). The van der Waals surface area contributed by atoms with Gasteiger partial charge >= 0.3 is 0 Å². The number of ether oxygens (including phenoxy) is 1. The second-order valence-corrected chi connectivity index (χ2v) is 6.15. The summed E-state index contributed by atoms with van der Waals surface area (Å²) in [5.41, 5.74) is 0.777. The third-order valence-electron chi connectivity index (χ3n) is 4.63. The van der Waals surface area contributed by atoms with Gasteiger partial charge in [0, 0.05) is 17.9 Å². The Bertz CT molecular complexity index is 464. The first-order valence-electron chi connectivity index (χ1n) is 6.52. The molecule has 0 aromatic rings. The van der Waals surface area contributed by atoms with E-state index in [1.807, 2.05) is 0 Å². The molecule has 0 aromatic carbocycles. The molecule has 2 fully saturated rings. The van der Waals surface area contributed by atoms with Gasteiger partial charge in [-0.2, -0.15) is 0 Å². The lowest BCUT2D eigenvalue weighted by Gasteiger charge is -2.29. The molecule has 18 heavy (non-hydrogen) atoms. The Balaban J connectivity index is 2.05. The molecule has 0 spiro atoms. The third-order valence-corrected chi connectivity index (χ3v) is 5.52. The van der Waals surface area contributed by atoms with Crippen LogP contribution in [0, 0.1) is 17.8 Å². The number of hydrogen-bond donors (Lipinski definition) is 0. The van der Waals surface area contributed by atoms with Crippen LogP contribution >= 0.6 is 23.2 Å². The van der Waals surface area contributed by atoms with Crippen LogP contribution in [0.4, 0.5) is 0 Å². The highest BCUT2D eigenvalue weighted by atomic mass is 35.5. The first-order chi connectivity index (χ1) is 8.65. The Kier molecular flexibility index (Phi) is 3.19. The number of carbonyl (C=O) groups excluding carboxylic acids is 1. The van der Waals surface area contributed by atoms with Gasteiger partial charge in [0.1, 0.15) is 5.76 Å². The maximum atomic E-state index is 12.5. The summed E-state index contributed by atoms with van der Waals surface area (Å²) in [6.45, 7) is 0. The van der Waals surface area contributed by atoms with E-state index in [0.29, 0.717) is 16.0 Å². The molecule has 98 valence electrons. The molecule has 0 aliphatic heterocycles. The number of hydrogen-bond acceptors (Lipinski definition) is 2. The number of Topliss-reactive ketones (excluding diaryl/α,β-unsaturated/α-hetero) is 1. The lowest BCUT2D eigenvalue weighted by molar-refractivity contribution is -0.119. The van der Waals surface area contributed by atoms with Crippen LogP contribution in [-0.4, -0.2) is 12.9 Å². The molecule has 4 heteroatoms. The molecule has 3 unspecified atom stereocenters. The predicted molar refractivity (Wildman–Crippen MR) is 71.3 cm³/mol. The van der Waals surface area contributed by atoms with Crippen LogP contribution in [0.5, 0.6) is 0 Å². The summed E-state index contributed by atoms with van der Waals surface area (Å²) in [5, 5.41) is 0.863. The van der Waals surface area contributed by atoms with Gasteiger partial charge in [-0.15, -0.1) is 0 Å². The molecular formula is C14H16Cl2O2. The molecule has 2 saturated carbocycles. The number of ketones is 1. The van der Waals surface area contributed by atoms with Crippen molar-refractivity contribution in [3.05, 3.63) is 21.4 Å². The summed E-state index contributed by atoms with van der Waals surface area (Å²) in [7, 11) is 1.61. The summed E-state index contributed by atoms with van der Waals surface area (Å²) in [6.07, 6.45) is 5.24.